The molecule has 1 N–H and O–H groups in total. The highest BCUT2D eigenvalue weighted by atomic mass is 16.5. The number of rotatable bonds is 7. The van der Waals surface area contributed by atoms with E-state index in [9.17, 15) is 9.59 Å². The molecule has 126 valence electrons. The zero-order valence-electron chi connectivity index (χ0n) is 14.2. The Morgan fingerprint density at radius 3 is 2.21 bits per heavy atom. The number of hydrogen-bond acceptors (Lipinski definition) is 4. The fourth-order valence-corrected chi connectivity index (χ4v) is 2.00. The third-order valence-corrected chi connectivity index (χ3v) is 3.44. The van der Waals surface area contributed by atoms with Crippen LogP contribution in [0.4, 0.5) is 5.69 Å². The molecule has 0 fully saturated rings. The van der Waals surface area contributed by atoms with Gasteiger partial charge in [-0.2, -0.15) is 0 Å². The molecule has 0 bridgehead atoms. The second-order valence-corrected chi connectivity index (χ2v) is 5.83. The monoisotopic (exact) mass is 326 g/mol. The van der Waals surface area contributed by atoms with Gasteiger partial charge in [-0.05, 0) is 45.3 Å². The number of nitrogens with zero attached hydrogens (tertiary/aromatic N) is 1. The number of anilines is 1. The first-order chi connectivity index (χ1) is 11.5. The first-order valence-electron chi connectivity index (χ1n) is 7.75. The number of benzene rings is 2. The maximum atomic E-state index is 12.1. The van der Waals surface area contributed by atoms with E-state index in [0.717, 1.165) is 17.9 Å². The molecule has 0 aliphatic rings. The minimum atomic E-state index is -0.653. The van der Waals surface area contributed by atoms with Crippen LogP contribution in [-0.4, -0.2) is 43.8 Å². The Kier molecular flexibility index (Phi) is 6.09. The molecule has 0 aromatic heterocycles. The predicted octanol–water partition coefficient (Wildman–Crippen LogP) is 2.76. The number of Topliss-reactive ketones (excluding diaryl/α,β-unsaturated/α-hetero) is 1. The summed E-state index contributed by atoms with van der Waals surface area (Å²) in [6.07, 6.45) is 0. The third kappa shape index (κ3) is 5.21. The molecule has 0 saturated carbocycles. The summed E-state index contributed by atoms with van der Waals surface area (Å²) in [6, 6.07) is 13.9. The van der Waals surface area contributed by atoms with Crippen molar-refractivity contribution in [1.29, 1.82) is 0 Å². The molecule has 5 nitrogen and oxygen atoms in total. The highest BCUT2D eigenvalue weighted by Gasteiger charge is 2.16. The van der Waals surface area contributed by atoms with Crippen LogP contribution in [0.3, 0.4) is 0 Å². The van der Waals surface area contributed by atoms with Crippen molar-refractivity contribution < 1.29 is 14.3 Å². The molecule has 2 aromatic rings. The summed E-state index contributed by atoms with van der Waals surface area (Å²) in [6.45, 7) is 3.34. The van der Waals surface area contributed by atoms with E-state index < -0.39 is 11.7 Å². The number of carbonyl (C=O) groups excluding carboxylic acids is 2. The molecular weight excluding hydrogens is 304 g/mol. The topological polar surface area (TPSA) is 58.6 Å². The van der Waals surface area contributed by atoms with Gasteiger partial charge in [0.05, 0.1) is 0 Å². The number of amides is 1. The van der Waals surface area contributed by atoms with E-state index in [0.29, 0.717) is 17.9 Å². The Labute approximate surface area is 142 Å². The van der Waals surface area contributed by atoms with Gasteiger partial charge < -0.3 is 15.0 Å². The fourth-order valence-electron chi connectivity index (χ4n) is 2.00. The van der Waals surface area contributed by atoms with Crippen LogP contribution >= 0.6 is 0 Å². The molecule has 2 rings (SSSR count). The number of aryl methyl sites for hydroxylation is 1. The van der Waals surface area contributed by atoms with Crippen LogP contribution in [0.5, 0.6) is 5.75 Å². The van der Waals surface area contributed by atoms with E-state index in [2.05, 4.69) is 5.32 Å². The molecule has 0 unspecified atom stereocenters. The lowest BCUT2D eigenvalue weighted by Gasteiger charge is -2.11. The quantitative estimate of drug-likeness (QED) is 0.628. The number of likely N-dealkylation sites (N-methyl/N-ethyl adjacent to an activating group) is 1. The van der Waals surface area contributed by atoms with Gasteiger partial charge in [0, 0.05) is 17.8 Å². The fraction of sp³-hybridized carbons (Fsp3) is 0.263. The summed E-state index contributed by atoms with van der Waals surface area (Å²) in [4.78, 5) is 26.2. The van der Waals surface area contributed by atoms with Crippen LogP contribution in [0.1, 0.15) is 15.9 Å². The Balaban J connectivity index is 1.91. The van der Waals surface area contributed by atoms with Gasteiger partial charge >= 0.3 is 0 Å². The molecule has 0 atom stereocenters. The van der Waals surface area contributed by atoms with Gasteiger partial charge in [0.2, 0.25) is 0 Å². The van der Waals surface area contributed by atoms with Gasteiger partial charge in [0.25, 0.3) is 11.7 Å². The van der Waals surface area contributed by atoms with Crippen molar-refractivity contribution in [2.75, 3.05) is 32.6 Å². The minimum absolute atomic E-state index is 0.377. The Bertz CT molecular complexity index is 692. The van der Waals surface area contributed by atoms with E-state index in [-0.39, 0.29) is 0 Å². The summed E-state index contributed by atoms with van der Waals surface area (Å²) in [5.41, 5.74) is 1.97. The van der Waals surface area contributed by atoms with E-state index in [1.165, 1.54) is 0 Å². The van der Waals surface area contributed by atoms with Crippen LogP contribution in [0, 0.1) is 6.92 Å². The molecule has 2 aromatic carbocycles. The molecule has 0 spiro atoms. The maximum absolute atomic E-state index is 12.1. The number of nitrogens with one attached hydrogen (secondary N) is 1. The van der Waals surface area contributed by atoms with Gasteiger partial charge in [-0.1, -0.05) is 29.8 Å². The van der Waals surface area contributed by atoms with Gasteiger partial charge in [-0.15, -0.1) is 0 Å². The van der Waals surface area contributed by atoms with Crippen molar-refractivity contribution in [3.8, 4) is 5.75 Å². The van der Waals surface area contributed by atoms with Crippen LogP contribution in [0.25, 0.3) is 0 Å². The lowest BCUT2D eigenvalue weighted by Crippen LogP contribution is -2.22. The highest BCUT2D eigenvalue weighted by Crippen LogP contribution is 2.16. The third-order valence-electron chi connectivity index (χ3n) is 3.44. The maximum Gasteiger partial charge on any atom is 0.296 e. The molecule has 0 aliphatic heterocycles. The van der Waals surface area contributed by atoms with Gasteiger partial charge in [0.1, 0.15) is 12.4 Å². The Hall–Kier alpha value is -2.66. The minimum Gasteiger partial charge on any atom is -0.492 e. The average molecular weight is 326 g/mol. The molecule has 0 aliphatic carbocycles. The molecule has 1 amide bonds. The first-order valence-corrected chi connectivity index (χ1v) is 7.75. The highest BCUT2D eigenvalue weighted by molar-refractivity contribution is 6.46. The first kappa shape index (κ1) is 17.7. The summed E-state index contributed by atoms with van der Waals surface area (Å²) in [5.74, 6) is -0.485. The van der Waals surface area contributed by atoms with Crippen LogP contribution in [0.15, 0.2) is 48.5 Å². The Morgan fingerprint density at radius 2 is 1.62 bits per heavy atom. The zero-order valence-corrected chi connectivity index (χ0v) is 14.2. The van der Waals surface area contributed by atoms with Gasteiger partial charge in [0.15, 0.2) is 0 Å². The summed E-state index contributed by atoms with van der Waals surface area (Å²) in [7, 11) is 3.96. The summed E-state index contributed by atoms with van der Waals surface area (Å²) < 4.78 is 5.58. The van der Waals surface area contributed by atoms with E-state index in [4.69, 9.17) is 4.74 Å². The molecule has 24 heavy (non-hydrogen) atoms. The van der Waals surface area contributed by atoms with Crippen molar-refractivity contribution in [1.82, 2.24) is 4.90 Å². The summed E-state index contributed by atoms with van der Waals surface area (Å²) >= 11 is 0. The van der Waals surface area contributed by atoms with Crippen molar-refractivity contribution in [2.24, 2.45) is 0 Å². The lowest BCUT2D eigenvalue weighted by atomic mass is 10.1. The van der Waals surface area contributed by atoms with E-state index >= 15 is 0 Å². The van der Waals surface area contributed by atoms with E-state index in [1.54, 1.807) is 48.5 Å². The van der Waals surface area contributed by atoms with Gasteiger partial charge in [-0.3, -0.25) is 9.59 Å². The predicted molar refractivity (Wildman–Crippen MR) is 94.6 cm³/mol. The number of carbonyl (C=O) groups is 2. The van der Waals surface area contributed by atoms with Crippen molar-refractivity contribution >= 4 is 17.4 Å². The number of ketones is 1. The van der Waals surface area contributed by atoms with Crippen LogP contribution in [-0.2, 0) is 4.79 Å². The SMILES string of the molecule is Cc1ccc(C(=O)C(=O)Nc2ccc(OCCN(C)C)cc2)cc1. The second kappa shape index (κ2) is 8.26. The lowest BCUT2D eigenvalue weighted by molar-refractivity contribution is -0.112. The average Bonchev–Trinajstić information content (AvgIpc) is 2.56. The largest absolute Gasteiger partial charge is 0.492 e. The smallest absolute Gasteiger partial charge is 0.296 e. The molecular formula is C19H22N2O3. The van der Waals surface area contributed by atoms with Crippen molar-refractivity contribution in [3.63, 3.8) is 0 Å². The molecule has 0 saturated heterocycles. The van der Waals surface area contributed by atoms with Crippen molar-refractivity contribution in [3.05, 3.63) is 59.7 Å². The second-order valence-electron chi connectivity index (χ2n) is 5.83. The number of hydrogen-bond donors (Lipinski definition) is 1. The number of ether oxygens (including phenoxy) is 1. The Morgan fingerprint density at radius 1 is 1.00 bits per heavy atom. The zero-order chi connectivity index (χ0) is 17.5. The normalized spacial score (nSPS) is 10.5. The van der Waals surface area contributed by atoms with Crippen LogP contribution in [0.2, 0.25) is 0 Å². The van der Waals surface area contributed by atoms with Crippen LogP contribution < -0.4 is 10.1 Å². The summed E-state index contributed by atoms with van der Waals surface area (Å²) in [5, 5.41) is 2.60. The molecule has 0 radical (unpaired) electrons. The standard InChI is InChI=1S/C19H22N2O3/c1-14-4-6-15(7-5-14)18(22)19(23)20-16-8-10-17(11-9-16)24-13-12-21(2)3/h4-11H,12-13H2,1-3H3,(H,20,23). The molecule has 0 heterocycles. The molecule has 5 heteroatoms. The van der Waals surface area contributed by atoms with Crippen molar-refractivity contribution in [2.45, 2.75) is 6.92 Å². The van der Waals surface area contributed by atoms with Gasteiger partial charge in [-0.25, -0.2) is 0 Å². The van der Waals surface area contributed by atoms with E-state index in [1.807, 2.05) is 25.9 Å².